The molecule has 2 heterocycles. The van der Waals surface area contributed by atoms with E-state index < -0.39 is 0 Å². The van der Waals surface area contributed by atoms with Crippen LogP contribution in [0.25, 0.3) is 0 Å². The van der Waals surface area contributed by atoms with Crippen LogP contribution >= 0.6 is 0 Å². The molecule has 2 bridgehead atoms. The van der Waals surface area contributed by atoms with E-state index in [1.165, 1.54) is 25.7 Å². The number of rotatable bonds is 4. The van der Waals surface area contributed by atoms with Crippen LogP contribution in [0.15, 0.2) is 0 Å². The van der Waals surface area contributed by atoms with Crippen LogP contribution in [-0.4, -0.2) is 41.6 Å². The van der Waals surface area contributed by atoms with Crippen molar-refractivity contribution >= 4 is 6.03 Å². The Balaban J connectivity index is 1.62. The van der Waals surface area contributed by atoms with Crippen molar-refractivity contribution in [2.75, 3.05) is 6.54 Å². The maximum atomic E-state index is 12.3. The van der Waals surface area contributed by atoms with Crippen molar-refractivity contribution in [3.05, 3.63) is 0 Å². The number of hydrogen-bond donors (Lipinski definition) is 2. The first-order chi connectivity index (χ1) is 8.76. The molecule has 4 nitrogen and oxygen atoms in total. The second kappa shape index (κ2) is 5.08. The lowest BCUT2D eigenvalue weighted by atomic mass is 9.98. The average molecular weight is 251 g/mol. The summed E-state index contributed by atoms with van der Waals surface area (Å²) in [6, 6.07) is 2.42. The van der Waals surface area contributed by atoms with Gasteiger partial charge in [-0.15, -0.1) is 0 Å². The maximum absolute atomic E-state index is 12.3. The summed E-state index contributed by atoms with van der Waals surface area (Å²) in [4.78, 5) is 14.4. The fourth-order valence-electron chi connectivity index (χ4n) is 3.46. The lowest BCUT2D eigenvalue weighted by Gasteiger charge is -2.37. The number of nitrogens with zero attached hydrogens (tertiary/aromatic N) is 1. The summed E-state index contributed by atoms with van der Waals surface area (Å²) in [5, 5.41) is 6.80. The summed E-state index contributed by atoms with van der Waals surface area (Å²) in [7, 11) is 0. The predicted molar refractivity (Wildman–Crippen MR) is 71.5 cm³/mol. The maximum Gasteiger partial charge on any atom is 0.317 e. The van der Waals surface area contributed by atoms with Crippen molar-refractivity contribution in [2.24, 2.45) is 0 Å². The highest BCUT2D eigenvalue weighted by Gasteiger charge is 2.38. The number of nitrogens with one attached hydrogen (secondary N) is 2. The first-order valence-corrected chi connectivity index (χ1v) is 7.59. The van der Waals surface area contributed by atoms with Gasteiger partial charge < -0.3 is 15.5 Å². The van der Waals surface area contributed by atoms with Crippen LogP contribution in [0.3, 0.4) is 0 Å². The number of amides is 2. The summed E-state index contributed by atoms with van der Waals surface area (Å²) < 4.78 is 0. The van der Waals surface area contributed by atoms with E-state index in [0.29, 0.717) is 24.2 Å². The fraction of sp³-hybridized carbons (Fsp3) is 0.929. The summed E-state index contributed by atoms with van der Waals surface area (Å²) >= 11 is 0. The van der Waals surface area contributed by atoms with Gasteiger partial charge in [-0.05, 0) is 44.9 Å². The second-order valence-corrected chi connectivity index (χ2v) is 6.18. The second-order valence-electron chi connectivity index (χ2n) is 6.18. The minimum absolute atomic E-state index is 0.186. The van der Waals surface area contributed by atoms with Gasteiger partial charge in [-0.3, -0.25) is 0 Å². The molecule has 1 saturated carbocycles. The quantitative estimate of drug-likeness (QED) is 0.801. The molecule has 3 rings (SSSR count). The number of hydrogen-bond acceptors (Lipinski definition) is 2. The fourth-order valence-corrected chi connectivity index (χ4v) is 3.46. The highest BCUT2D eigenvalue weighted by atomic mass is 16.2. The lowest BCUT2D eigenvalue weighted by Crippen LogP contribution is -2.53. The first-order valence-electron chi connectivity index (χ1n) is 7.59. The number of piperidine rings is 1. The van der Waals surface area contributed by atoms with Crippen LogP contribution in [-0.2, 0) is 0 Å². The zero-order valence-corrected chi connectivity index (χ0v) is 11.3. The molecule has 18 heavy (non-hydrogen) atoms. The minimum Gasteiger partial charge on any atom is -0.335 e. The first kappa shape index (κ1) is 12.3. The smallest absolute Gasteiger partial charge is 0.317 e. The van der Waals surface area contributed by atoms with Gasteiger partial charge in [-0.2, -0.15) is 0 Å². The molecule has 0 radical (unpaired) electrons. The van der Waals surface area contributed by atoms with E-state index in [4.69, 9.17) is 0 Å². The average Bonchev–Trinajstić information content (AvgIpc) is 3.11. The van der Waals surface area contributed by atoms with Gasteiger partial charge in [0.05, 0.1) is 0 Å². The van der Waals surface area contributed by atoms with E-state index in [-0.39, 0.29) is 6.03 Å². The van der Waals surface area contributed by atoms with Gasteiger partial charge in [0.1, 0.15) is 0 Å². The van der Waals surface area contributed by atoms with Gasteiger partial charge in [0, 0.05) is 30.7 Å². The van der Waals surface area contributed by atoms with Gasteiger partial charge in [-0.25, -0.2) is 4.79 Å². The SMILES string of the molecule is CCCN(C(=O)NC1CC1)C1CC2CCC(C1)N2. The molecule has 4 heteroatoms. The van der Waals surface area contributed by atoms with Crippen LogP contribution < -0.4 is 10.6 Å². The third-order valence-electron chi connectivity index (χ3n) is 4.52. The van der Waals surface area contributed by atoms with Crippen molar-refractivity contribution in [2.45, 2.75) is 76.0 Å². The van der Waals surface area contributed by atoms with E-state index in [9.17, 15) is 4.79 Å². The zero-order chi connectivity index (χ0) is 12.5. The molecular weight excluding hydrogens is 226 g/mol. The predicted octanol–water partition coefficient (Wildman–Crippen LogP) is 1.85. The van der Waals surface area contributed by atoms with Crippen LogP contribution in [0, 0.1) is 0 Å². The van der Waals surface area contributed by atoms with Crippen molar-refractivity contribution in [1.29, 1.82) is 0 Å². The molecule has 0 spiro atoms. The van der Waals surface area contributed by atoms with Crippen LogP contribution in [0.5, 0.6) is 0 Å². The largest absolute Gasteiger partial charge is 0.335 e. The molecule has 2 unspecified atom stereocenters. The monoisotopic (exact) mass is 251 g/mol. The molecule has 1 aliphatic carbocycles. The van der Waals surface area contributed by atoms with E-state index in [0.717, 1.165) is 25.8 Å². The molecule has 0 aromatic heterocycles. The van der Waals surface area contributed by atoms with Crippen molar-refractivity contribution in [1.82, 2.24) is 15.5 Å². The van der Waals surface area contributed by atoms with Crippen molar-refractivity contribution in [3.63, 3.8) is 0 Å². The third kappa shape index (κ3) is 2.63. The molecular formula is C14H25N3O. The number of carbonyl (C=O) groups is 1. The molecule has 3 aliphatic rings. The molecule has 2 N–H and O–H groups in total. The Bertz CT molecular complexity index is 304. The topological polar surface area (TPSA) is 44.4 Å². The molecule has 2 atom stereocenters. The Morgan fingerprint density at radius 1 is 1.22 bits per heavy atom. The lowest BCUT2D eigenvalue weighted by molar-refractivity contribution is 0.146. The van der Waals surface area contributed by atoms with Crippen LogP contribution in [0.4, 0.5) is 4.79 Å². The van der Waals surface area contributed by atoms with Gasteiger partial charge in [0.25, 0.3) is 0 Å². The Hall–Kier alpha value is -0.770. The molecule has 2 aliphatic heterocycles. The van der Waals surface area contributed by atoms with Crippen LogP contribution in [0.1, 0.15) is 51.9 Å². The molecule has 2 saturated heterocycles. The van der Waals surface area contributed by atoms with E-state index in [1.807, 2.05) is 0 Å². The molecule has 2 amide bonds. The zero-order valence-electron chi connectivity index (χ0n) is 11.3. The minimum atomic E-state index is 0.186. The Morgan fingerprint density at radius 3 is 2.44 bits per heavy atom. The number of carbonyl (C=O) groups excluding carboxylic acids is 1. The summed E-state index contributed by atoms with van der Waals surface area (Å²) in [5.41, 5.74) is 0. The normalized spacial score (nSPS) is 34.4. The summed E-state index contributed by atoms with van der Waals surface area (Å²) in [6.07, 6.45) is 8.28. The molecule has 3 fully saturated rings. The highest BCUT2D eigenvalue weighted by molar-refractivity contribution is 5.75. The Morgan fingerprint density at radius 2 is 1.89 bits per heavy atom. The summed E-state index contributed by atoms with van der Waals surface area (Å²) in [6.45, 7) is 3.07. The molecule has 0 aromatic rings. The standard InChI is InChI=1S/C14H25N3O/c1-2-7-17(14(18)16-10-3-4-10)13-8-11-5-6-12(9-13)15-11/h10-13,15H,2-9H2,1H3,(H,16,18). The van der Waals surface area contributed by atoms with Gasteiger partial charge in [-0.1, -0.05) is 6.92 Å². The Labute approximate surface area is 109 Å². The van der Waals surface area contributed by atoms with Crippen LogP contribution in [0.2, 0.25) is 0 Å². The van der Waals surface area contributed by atoms with Crippen molar-refractivity contribution in [3.8, 4) is 0 Å². The number of urea groups is 1. The van der Waals surface area contributed by atoms with E-state index in [1.54, 1.807) is 0 Å². The number of fused-ring (bicyclic) bond motifs is 2. The molecule has 102 valence electrons. The van der Waals surface area contributed by atoms with Gasteiger partial charge >= 0.3 is 6.03 Å². The third-order valence-corrected chi connectivity index (χ3v) is 4.52. The summed E-state index contributed by atoms with van der Waals surface area (Å²) in [5.74, 6) is 0. The van der Waals surface area contributed by atoms with Crippen molar-refractivity contribution < 1.29 is 4.79 Å². The van der Waals surface area contributed by atoms with E-state index >= 15 is 0 Å². The molecule has 0 aromatic carbocycles. The highest BCUT2D eigenvalue weighted by Crippen LogP contribution is 2.30. The van der Waals surface area contributed by atoms with Gasteiger partial charge in [0.2, 0.25) is 0 Å². The van der Waals surface area contributed by atoms with Gasteiger partial charge in [0.15, 0.2) is 0 Å². The Kier molecular flexibility index (Phi) is 3.46. The van der Waals surface area contributed by atoms with E-state index in [2.05, 4.69) is 22.5 Å².